The van der Waals surface area contributed by atoms with Gasteiger partial charge in [0.25, 0.3) is 0 Å². The Morgan fingerprint density at radius 1 is 1.13 bits per heavy atom. The van der Waals surface area contributed by atoms with Crippen LogP contribution in [0.3, 0.4) is 0 Å². The van der Waals surface area contributed by atoms with E-state index < -0.39 is 0 Å². The van der Waals surface area contributed by atoms with Gasteiger partial charge in [-0.15, -0.1) is 0 Å². The summed E-state index contributed by atoms with van der Waals surface area (Å²) in [5.41, 5.74) is 1.41. The van der Waals surface area contributed by atoms with E-state index in [1.165, 1.54) is 12.4 Å². The Kier molecular flexibility index (Phi) is 2.83. The Balaban J connectivity index is 2.12. The SMILES string of the molecule is O=C(Cc1ccccc1)c1cnccn1. The van der Waals surface area contributed by atoms with Gasteiger partial charge in [-0.2, -0.15) is 0 Å². The van der Waals surface area contributed by atoms with Crippen molar-refractivity contribution in [2.45, 2.75) is 6.42 Å². The van der Waals surface area contributed by atoms with Crippen molar-refractivity contribution in [1.82, 2.24) is 9.97 Å². The molecular formula is C12H10N2O. The Morgan fingerprint density at radius 3 is 2.60 bits per heavy atom. The highest BCUT2D eigenvalue weighted by Gasteiger charge is 2.07. The van der Waals surface area contributed by atoms with Crippen LogP contribution in [0.5, 0.6) is 0 Å². The van der Waals surface area contributed by atoms with Crippen molar-refractivity contribution in [2.24, 2.45) is 0 Å². The second-order valence-corrected chi connectivity index (χ2v) is 3.18. The van der Waals surface area contributed by atoms with Gasteiger partial charge in [-0.25, -0.2) is 4.98 Å². The van der Waals surface area contributed by atoms with Gasteiger partial charge in [0, 0.05) is 18.8 Å². The molecule has 15 heavy (non-hydrogen) atoms. The third kappa shape index (κ3) is 2.47. The van der Waals surface area contributed by atoms with Gasteiger partial charge in [-0.1, -0.05) is 30.3 Å². The van der Waals surface area contributed by atoms with E-state index in [0.29, 0.717) is 12.1 Å². The van der Waals surface area contributed by atoms with Crippen LogP contribution in [0, 0.1) is 0 Å². The van der Waals surface area contributed by atoms with Crippen LogP contribution in [-0.2, 0) is 6.42 Å². The summed E-state index contributed by atoms with van der Waals surface area (Å²) < 4.78 is 0. The van der Waals surface area contributed by atoms with Gasteiger partial charge in [-0.3, -0.25) is 9.78 Å². The normalized spacial score (nSPS) is 9.87. The molecule has 0 radical (unpaired) electrons. The Morgan fingerprint density at radius 2 is 1.93 bits per heavy atom. The predicted octanol–water partition coefficient (Wildman–Crippen LogP) is 1.90. The number of benzene rings is 1. The van der Waals surface area contributed by atoms with E-state index in [1.807, 2.05) is 30.3 Å². The van der Waals surface area contributed by atoms with E-state index in [4.69, 9.17) is 0 Å². The summed E-state index contributed by atoms with van der Waals surface area (Å²) in [4.78, 5) is 19.5. The summed E-state index contributed by atoms with van der Waals surface area (Å²) in [6, 6.07) is 9.61. The van der Waals surface area contributed by atoms with Crippen LogP contribution < -0.4 is 0 Å². The zero-order chi connectivity index (χ0) is 10.5. The maximum atomic E-state index is 11.7. The lowest BCUT2D eigenvalue weighted by atomic mass is 10.1. The first-order valence-corrected chi connectivity index (χ1v) is 4.69. The number of Topliss-reactive ketones (excluding diaryl/α,β-unsaturated/α-hetero) is 1. The summed E-state index contributed by atoms with van der Waals surface area (Å²) in [5.74, 6) is -0.00528. The maximum absolute atomic E-state index is 11.7. The number of nitrogens with zero attached hydrogens (tertiary/aromatic N) is 2. The first-order chi connectivity index (χ1) is 7.36. The van der Waals surface area contributed by atoms with E-state index >= 15 is 0 Å². The summed E-state index contributed by atoms with van der Waals surface area (Å²) in [6.07, 6.45) is 4.95. The number of carbonyl (C=O) groups is 1. The van der Waals surface area contributed by atoms with Gasteiger partial charge >= 0.3 is 0 Å². The molecule has 0 amide bonds. The van der Waals surface area contributed by atoms with Gasteiger partial charge in [0.2, 0.25) is 0 Å². The predicted molar refractivity (Wildman–Crippen MR) is 56.5 cm³/mol. The number of rotatable bonds is 3. The standard InChI is InChI=1S/C12H10N2O/c15-12(11-9-13-6-7-14-11)8-10-4-2-1-3-5-10/h1-7,9H,8H2. The van der Waals surface area contributed by atoms with Crippen LogP contribution in [0.1, 0.15) is 16.1 Å². The molecule has 0 saturated heterocycles. The second-order valence-electron chi connectivity index (χ2n) is 3.18. The molecule has 1 aromatic carbocycles. The molecule has 0 aliphatic rings. The summed E-state index contributed by atoms with van der Waals surface area (Å²) in [6.45, 7) is 0. The van der Waals surface area contributed by atoms with Crippen LogP contribution in [-0.4, -0.2) is 15.8 Å². The van der Waals surface area contributed by atoms with E-state index in [0.717, 1.165) is 5.56 Å². The van der Waals surface area contributed by atoms with Crippen molar-refractivity contribution in [2.75, 3.05) is 0 Å². The highest BCUT2D eigenvalue weighted by atomic mass is 16.1. The van der Waals surface area contributed by atoms with Crippen LogP contribution >= 0.6 is 0 Å². The second kappa shape index (κ2) is 4.46. The van der Waals surface area contributed by atoms with Crippen LogP contribution in [0.25, 0.3) is 0 Å². The van der Waals surface area contributed by atoms with Gasteiger partial charge in [0.1, 0.15) is 5.69 Å². The van der Waals surface area contributed by atoms with Crippen molar-refractivity contribution < 1.29 is 4.79 Å². The molecule has 0 unspecified atom stereocenters. The maximum Gasteiger partial charge on any atom is 0.187 e. The molecule has 0 saturated carbocycles. The lowest BCUT2D eigenvalue weighted by Crippen LogP contribution is -2.05. The van der Waals surface area contributed by atoms with E-state index in [-0.39, 0.29) is 5.78 Å². The number of ketones is 1. The highest BCUT2D eigenvalue weighted by molar-refractivity contribution is 5.95. The summed E-state index contributed by atoms with van der Waals surface area (Å²) in [5, 5.41) is 0. The first-order valence-electron chi connectivity index (χ1n) is 4.69. The van der Waals surface area contributed by atoms with Crippen LogP contribution in [0.2, 0.25) is 0 Å². The molecule has 2 aromatic rings. The fourth-order valence-corrected chi connectivity index (χ4v) is 1.31. The molecule has 1 heterocycles. The Hall–Kier alpha value is -2.03. The summed E-state index contributed by atoms with van der Waals surface area (Å²) >= 11 is 0. The molecular weight excluding hydrogens is 188 g/mol. The first kappa shape index (κ1) is 9.52. The summed E-state index contributed by atoms with van der Waals surface area (Å²) in [7, 11) is 0. The zero-order valence-electron chi connectivity index (χ0n) is 8.13. The van der Waals surface area contributed by atoms with Crippen molar-refractivity contribution in [3.05, 3.63) is 60.2 Å². The molecule has 3 nitrogen and oxygen atoms in total. The fourth-order valence-electron chi connectivity index (χ4n) is 1.31. The zero-order valence-corrected chi connectivity index (χ0v) is 8.13. The van der Waals surface area contributed by atoms with Crippen molar-refractivity contribution in [3.63, 3.8) is 0 Å². The largest absolute Gasteiger partial charge is 0.292 e. The average molecular weight is 198 g/mol. The number of hydrogen-bond acceptors (Lipinski definition) is 3. The molecule has 0 N–H and O–H groups in total. The number of aromatic nitrogens is 2. The van der Waals surface area contributed by atoms with E-state index in [2.05, 4.69) is 9.97 Å². The molecule has 0 aliphatic carbocycles. The Labute approximate surface area is 87.8 Å². The number of hydrogen-bond donors (Lipinski definition) is 0. The fraction of sp³-hybridized carbons (Fsp3) is 0.0833. The lowest BCUT2D eigenvalue weighted by molar-refractivity contribution is 0.0988. The molecule has 0 fully saturated rings. The number of carbonyl (C=O) groups excluding carboxylic acids is 1. The molecule has 1 aromatic heterocycles. The van der Waals surface area contributed by atoms with Gasteiger partial charge in [0.05, 0.1) is 6.20 Å². The van der Waals surface area contributed by atoms with E-state index in [1.54, 1.807) is 6.20 Å². The van der Waals surface area contributed by atoms with Crippen molar-refractivity contribution in [3.8, 4) is 0 Å². The monoisotopic (exact) mass is 198 g/mol. The van der Waals surface area contributed by atoms with Crippen molar-refractivity contribution >= 4 is 5.78 Å². The molecule has 74 valence electrons. The minimum Gasteiger partial charge on any atom is -0.292 e. The van der Waals surface area contributed by atoms with Crippen molar-refractivity contribution in [1.29, 1.82) is 0 Å². The van der Waals surface area contributed by atoms with Crippen LogP contribution in [0.4, 0.5) is 0 Å². The van der Waals surface area contributed by atoms with Gasteiger partial charge in [-0.05, 0) is 5.56 Å². The third-order valence-corrected chi connectivity index (χ3v) is 2.06. The molecule has 2 rings (SSSR count). The minimum absolute atomic E-state index is 0.00528. The molecule has 0 bridgehead atoms. The van der Waals surface area contributed by atoms with Crippen LogP contribution in [0.15, 0.2) is 48.9 Å². The molecule has 0 spiro atoms. The highest BCUT2D eigenvalue weighted by Crippen LogP contribution is 2.04. The minimum atomic E-state index is -0.00528. The molecule has 0 atom stereocenters. The molecule has 3 heteroatoms. The third-order valence-electron chi connectivity index (χ3n) is 2.06. The van der Waals surface area contributed by atoms with E-state index in [9.17, 15) is 4.79 Å². The topological polar surface area (TPSA) is 42.9 Å². The Bertz CT molecular complexity index is 440. The lowest BCUT2D eigenvalue weighted by Gasteiger charge is -1.99. The van der Waals surface area contributed by atoms with Gasteiger partial charge in [0.15, 0.2) is 5.78 Å². The molecule has 0 aliphatic heterocycles. The average Bonchev–Trinajstić information content (AvgIpc) is 2.31. The quantitative estimate of drug-likeness (QED) is 0.707. The van der Waals surface area contributed by atoms with Gasteiger partial charge < -0.3 is 0 Å². The smallest absolute Gasteiger partial charge is 0.187 e.